The molecule has 0 spiro atoms. The third kappa shape index (κ3) is 4.91. The molecule has 3 aromatic rings. The SMILES string of the molecule is COC(=O)c1cc(Nc2cc(-c3ccccc3)nc(SC)n2)cc(C(=O)OC)c1. The molecule has 1 N–H and O–H groups in total. The van der Waals surface area contributed by atoms with Gasteiger partial charge < -0.3 is 14.8 Å². The highest BCUT2D eigenvalue weighted by molar-refractivity contribution is 7.98. The van der Waals surface area contributed by atoms with Gasteiger partial charge in [-0.3, -0.25) is 0 Å². The standard InChI is InChI=1S/C21H19N3O4S/c1-27-19(25)14-9-15(20(26)28-2)11-16(10-14)22-18-12-17(23-21(24-18)29-3)13-7-5-4-6-8-13/h4-12H,1-3H3,(H,22,23,24). The van der Waals surface area contributed by atoms with Gasteiger partial charge in [-0.2, -0.15) is 0 Å². The van der Waals surface area contributed by atoms with Gasteiger partial charge in [0.25, 0.3) is 0 Å². The number of thioether (sulfide) groups is 1. The Kier molecular flexibility index (Phi) is 6.46. The maximum Gasteiger partial charge on any atom is 0.337 e. The van der Waals surface area contributed by atoms with Crippen molar-refractivity contribution in [3.63, 3.8) is 0 Å². The number of ether oxygens (including phenoxy) is 2. The second-order valence-electron chi connectivity index (χ2n) is 5.90. The Hall–Kier alpha value is -3.39. The van der Waals surface area contributed by atoms with Crippen LogP contribution in [0.3, 0.4) is 0 Å². The zero-order valence-corrected chi connectivity index (χ0v) is 16.9. The molecule has 0 radical (unpaired) electrons. The lowest BCUT2D eigenvalue weighted by atomic mass is 10.1. The normalized spacial score (nSPS) is 10.3. The number of carbonyl (C=O) groups excluding carboxylic acids is 2. The fourth-order valence-electron chi connectivity index (χ4n) is 2.66. The number of anilines is 2. The van der Waals surface area contributed by atoms with E-state index in [1.165, 1.54) is 32.0 Å². The molecule has 1 aromatic heterocycles. The first kappa shape index (κ1) is 20.3. The molecule has 0 bridgehead atoms. The molecule has 0 atom stereocenters. The molecule has 148 valence electrons. The van der Waals surface area contributed by atoms with Crippen molar-refractivity contribution in [3.8, 4) is 11.3 Å². The Labute approximate surface area is 172 Å². The second kappa shape index (κ2) is 9.20. The highest BCUT2D eigenvalue weighted by atomic mass is 32.2. The van der Waals surface area contributed by atoms with Crippen LogP contribution in [0.25, 0.3) is 11.3 Å². The molecule has 0 amide bonds. The third-order valence-electron chi connectivity index (χ3n) is 4.01. The van der Waals surface area contributed by atoms with Crippen LogP contribution in [0.1, 0.15) is 20.7 Å². The van der Waals surface area contributed by atoms with Gasteiger partial charge in [0.15, 0.2) is 5.16 Å². The quantitative estimate of drug-likeness (QED) is 0.368. The van der Waals surface area contributed by atoms with Crippen LogP contribution in [-0.4, -0.2) is 42.4 Å². The molecular formula is C21H19N3O4S. The van der Waals surface area contributed by atoms with Crippen LogP contribution in [0.2, 0.25) is 0 Å². The number of methoxy groups -OCH3 is 2. The Morgan fingerprint density at radius 2 is 1.52 bits per heavy atom. The molecular weight excluding hydrogens is 390 g/mol. The molecule has 0 aliphatic rings. The van der Waals surface area contributed by atoms with Gasteiger partial charge in [-0.05, 0) is 24.5 Å². The van der Waals surface area contributed by atoms with Crippen LogP contribution in [0.4, 0.5) is 11.5 Å². The Bertz CT molecular complexity index is 1010. The highest BCUT2D eigenvalue weighted by Gasteiger charge is 2.15. The third-order valence-corrected chi connectivity index (χ3v) is 4.55. The average molecular weight is 409 g/mol. The molecule has 0 saturated carbocycles. The molecule has 3 rings (SSSR count). The molecule has 1 heterocycles. The van der Waals surface area contributed by atoms with Gasteiger partial charge >= 0.3 is 11.9 Å². The van der Waals surface area contributed by atoms with Crippen molar-refractivity contribution in [2.24, 2.45) is 0 Å². The summed E-state index contributed by atoms with van der Waals surface area (Å²) < 4.78 is 9.55. The van der Waals surface area contributed by atoms with Crippen molar-refractivity contribution in [1.82, 2.24) is 9.97 Å². The number of carbonyl (C=O) groups is 2. The van der Waals surface area contributed by atoms with E-state index in [0.717, 1.165) is 11.3 Å². The minimum Gasteiger partial charge on any atom is -0.465 e. The van der Waals surface area contributed by atoms with Crippen LogP contribution in [0.5, 0.6) is 0 Å². The molecule has 29 heavy (non-hydrogen) atoms. The summed E-state index contributed by atoms with van der Waals surface area (Å²) >= 11 is 1.42. The maximum atomic E-state index is 12.0. The monoisotopic (exact) mass is 409 g/mol. The Morgan fingerprint density at radius 1 is 0.897 bits per heavy atom. The molecule has 0 saturated heterocycles. The van der Waals surface area contributed by atoms with Crippen molar-refractivity contribution in [1.29, 1.82) is 0 Å². The van der Waals surface area contributed by atoms with E-state index in [2.05, 4.69) is 15.3 Å². The zero-order chi connectivity index (χ0) is 20.8. The van der Waals surface area contributed by atoms with E-state index in [1.807, 2.05) is 36.6 Å². The minimum absolute atomic E-state index is 0.223. The van der Waals surface area contributed by atoms with Gasteiger partial charge in [0.1, 0.15) is 5.82 Å². The molecule has 0 aliphatic carbocycles. The van der Waals surface area contributed by atoms with Crippen LogP contribution in [0, 0.1) is 0 Å². The number of hydrogen-bond acceptors (Lipinski definition) is 8. The predicted octanol–water partition coefficient (Wildman–Crippen LogP) is 4.18. The summed E-state index contributed by atoms with van der Waals surface area (Å²) in [6.07, 6.45) is 1.89. The molecule has 0 aliphatic heterocycles. The van der Waals surface area contributed by atoms with E-state index in [1.54, 1.807) is 18.2 Å². The van der Waals surface area contributed by atoms with Gasteiger partial charge in [0.05, 0.1) is 31.0 Å². The van der Waals surface area contributed by atoms with Crippen molar-refractivity contribution in [2.75, 3.05) is 25.8 Å². The number of aromatic nitrogens is 2. The topological polar surface area (TPSA) is 90.4 Å². The minimum atomic E-state index is -0.559. The first-order chi connectivity index (χ1) is 14.0. The average Bonchev–Trinajstić information content (AvgIpc) is 2.78. The van der Waals surface area contributed by atoms with Gasteiger partial charge in [-0.25, -0.2) is 19.6 Å². The number of esters is 2. The zero-order valence-electron chi connectivity index (χ0n) is 16.1. The van der Waals surface area contributed by atoms with Crippen LogP contribution < -0.4 is 5.32 Å². The lowest BCUT2D eigenvalue weighted by Crippen LogP contribution is -2.08. The van der Waals surface area contributed by atoms with Crippen molar-refractivity contribution in [3.05, 3.63) is 65.7 Å². The number of nitrogens with one attached hydrogen (secondary N) is 1. The first-order valence-corrected chi connectivity index (χ1v) is 9.83. The summed E-state index contributed by atoms with van der Waals surface area (Å²) in [5.41, 5.74) is 2.65. The van der Waals surface area contributed by atoms with Crippen molar-refractivity contribution < 1.29 is 19.1 Å². The fourth-order valence-corrected chi connectivity index (χ4v) is 3.04. The summed E-state index contributed by atoms with van der Waals surface area (Å²) in [7, 11) is 2.56. The predicted molar refractivity (Wildman–Crippen MR) is 112 cm³/mol. The largest absolute Gasteiger partial charge is 0.465 e. The van der Waals surface area contributed by atoms with Gasteiger partial charge in [-0.1, -0.05) is 42.1 Å². The molecule has 2 aromatic carbocycles. The Morgan fingerprint density at radius 3 is 2.07 bits per heavy atom. The van der Waals surface area contributed by atoms with Gasteiger partial charge in [-0.15, -0.1) is 0 Å². The number of hydrogen-bond donors (Lipinski definition) is 1. The fraction of sp³-hybridized carbons (Fsp3) is 0.143. The van der Waals surface area contributed by atoms with Gasteiger partial charge in [0.2, 0.25) is 0 Å². The van der Waals surface area contributed by atoms with E-state index >= 15 is 0 Å². The summed E-state index contributed by atoms with van der Waals surface area (Å²) in [5, 5.41) is 3.74. The van der Waals surface area contributed by atoms with Crippen LogP contribution in [-0.2, 0) is 9.47 Å². The van der Waals surface area contributed by atoms with E-state index in [4.69, 9.17) is 9.47 Å². The van der Waals surface area contributed by atoms with E-state index in [9.17, 15) is 9.59 Å². The van der Waals surface area contributed by atoms with Crippen LogP contribution in [0.15, 0.2) is 59.8 Å². The van der Waals surface area contributed by atoms with Crippen LogP contribution >= 0.6 is 11.8 Å². The van der Waals surface area contributed by atoms with Crippen molar-refractivity contribution in [2.45, 2.75) is 5.16 Å². The summed E-state index contributed by atoms with van der Waals surface area (Å²) in [4.78, 5) is 33.0. The lowest BCUT2D eigenvalue weighted by Gasteiger charge is -2.12. The maximum absolute atomic E-state index is 12.0. The molecule has 7 nitrogen and oxygen atoms in total. The first-order valence-electron chi connectivity index (χ1n) is 8.61. The smallest absolute Gasteiger partial charge is 0.337 e. The lowest BCUT2D eigenvalue weighted by molar-refractivity contribution is 0.0599. The molecule has 0 fully saturated rings. The van der Waals surface area contributed by atoms with E-state index < -0.39 is 11.9 Å². The number of rotatable bonds is 6. The summed E-state index contributed by atoms with van der Waals surface area (Å²) in [6, 6.07) is 16.1. The van der Waals surface area contributed by atoms with Crippen molar-refractivity contribution >= 4 is 35.2 Å². The number of nitrogens with zero attached hydrogens (tertiary/aromatic N) is 2. The molecule has 0 unspecified atom stereocenters. The number of benzene rings is 2. The summed E-state index contributed by atoms with van der Waals surface area (Å²) in [5.74, 6) is -0.589. The van der Waals surface area contributed by atoms with E-state index in [0.29, 0.717) is 16.7 Å². The van der Waals surface area contributed by atoms with E-state index in [-0.39, 0.29) is 11.1 Å². The Balaban J connectivity index is 2.02. The summed E-state index contributed by atoms with van der Waals surface area (Å²) in [6.45, 7) is 0. The molecule has 8 heteroatoms. The van der Waals surface area contributed by atoms with Gasteiger partial charge in [0, 0.05) is 17.3 Å². The highest BCUT2D eigenvalue weighted by Crippen LogP contribution is 2.26. The second-order valence-corrected chi connectivity index (χ2v) is 6.67.